The zero-order valence-corrected chi connectivity index (χ0v) is 22.1. The summed E-state index contributed by atoms with van der Waals surface area (Å²) in [5.74, 6) is -0.0370. The number of carbonyl (C=O) groups is 1. The number of nitrogens with two attached hydrogens (primary N) is 1. The number of hydrogen-bond donors (Lipinski definition) is 3. The van der Waals surface area contributed by atoms with Gasteiger partial charge in [-0.15, -0.1) is 0 Å². The Kier molecular flexibility index (Phi) is 7.05. The zero-order chi connectivity index (χ0) is 28.5. The van der Waals surface area contributed by atoms with Crippen LogP contribution in [0.2, 0.25) is 0 Å². The van der Waals surface area contributed by atoms with Gasteiger partial charge in [0.25, 0.3) is 5.56 Å². The lowest BCUT2D eigenvalue weighted by Crippen LogP contribution is -2.29. The highest BCUT2D eigenvalue weighted by molar-refractivity contribution is 6.00. The molecular formula is C28H28N8O5. The van der Waals surface area contributed by atoms with Crippen molar-refractivity contribution in [1.29, 1.82) is 0 Å². The van der Waals surface area contributed by atoms with Gasteiger partial charge in [-0.2, -0.15) is 4.98 Å². The highest BCUT2D eigenvalue weighted by Crippen LogP contribution is 2.32. The molecule has 0 bridgehead atoms. The Hall–Kier alpha value is -4.85. The van der Waals surface area contributed by atoms with E-state index < -0.39 is 30.1 Å². The minimum atomic E-state index is -0.826. The zero-order valence-electron chi connectivity index (χ0n) is 22.1. The molecule has 3 aromatic heterocycles. The summed E-state index contributed by atoms with van der Waals surface area (Å²) in [5.41, 5.74) is 7.63. The van der Waals surface area contributed by atoms with Crippen molar-refractivity contribution in [2.75, 3.05) is 17.2 Å². The number of carbonyl (C=O) groups excluding carboxylic acids is 1. The molecule has 13 nitrogen and oxygen atoms in total. The monoisotopic (exact) mass is 556 g/mol. The average molecular weight is 557 g/mol. The largest absolute Gasteiger partial charge is 0.390 e. The van der Waals surface area contributed by atoms with E-state index in [9.17, 15) is 14.7 Å². The number of hydrogen-bond acceptors (Lipinski definition) is 9. The number of amides is 1. The van der Waals surface area contributed by atoms with Crippen LogP contribution in [0.1, 0.15) is 31.4 Å². The van der Waals surface area contributed by atoms with E-state index in [-0.39, 0.29) is 36.2 Å². The smallest absolute Gasteiger partial charge is 0.338 e. The van der Waals surface area contributed by atoms with Crippen LogP contribution in [0.3, 0.4) is 0 Å². The van der Waals surface area contributed by atoms with Crippen molar-refractivity contribution in [3.05, 3.63) is 95.6 Å². The highest BCUT2D eigenvalue weighted by atomic mass is 16.6. The number of anilines is 3. The van der Waals surface area contributed by atoms with Crippen molar-refractivity contribution in [2.24, 2.45) is 0 Å². The minimum absolute atomic E-state index is 0.0370. The number of aromatic nitrogens is 6. The lowest BCUT2D eigenvalue weighted by molar-refractivity contribution is -0.0772. The predicted molar refractivity (Wildman–Crippen MR) is 150 cm³/mol. The maximum Gasteiger partial charge on any atom is 0.338 e. The molecule has 2 aromatic carbocycles. The quantitative estimate of drug-likeness (QED) is 0.273. The van der Waals surface area contributed by atoms with E-state index in [1.807, 2.05) is 67.6 Å². The summed E-state index contributed by atoms with van der Waals surface area (Å²) in [6.07, 6.45) is 2.21. The van der Waals surface area contributed by atoms with Gasteiger partial charge in [0.2, 0.25) is 5.95 Å². The second-order valence-electron chi connectivity index (χ2n) is 9.68. The Morgan fingerprint density at radius 1 is 1.15 bits per heavy atom. The molecule has 4 heterocycles. The molecule has 1 aliphatic rings. The Bertz CT molecular complexity index is 1680. The fourth-order valence-electron chi connectivity index (χ4n) is 4.81. The van der Waals surface area contributed by atoms with Gasteiger partial charge in [0, 0.05) is 12.6 Å². The van der Waals surface area contributed by atoms with E-state index in [4.69, 9.17) is 15.2 Å². The number of fused-ring (bicyclic) bond motifs is 1. The number of imidazole rings is 2. The van der Waals surface area contributed by atoms with Crippen molar-refractivity contribution in [2.45, 2.75) is 37.9 Å². The van der Waals surface area contributed by atoms with Crippen LogP contribution in [0.15, 0.2) is 84.3 Å². The third kappa shape index (κ3) is 5.20. The number of aliphatic hydroxyl groups is 1. The molecule has 13 heteroatoms. The van der Waals surface area contributed by atoms with Gasteiger partial charge in [-0.25, -0.2) is 14.8 Å². The van der Waals surface area contributed by atoms with Crippen LogP contribution in [0.25, 0.3) is 11.2 Å². The van der Waals surface area contributed by atoms with Gasteiger partial charge < -0.3 is 20.3 Å². The number of nitrogens with one attached hydrogen (secondary N) is 1. The molecule has 41 heavy (non-hydrogen) atoms. The topological polar surface area (TPSA) is 166 Å². The molecule has 0 spiro atoms. The molecular weight excluding hydrogens is 528 g/mol. The Morgan fingerprint density at radius 3 is 2.51 bits per heavy atom. The van der Waals surface area contributed by atoms with Crippen LogP contribution in [0.4, 0.5) is 22.1 Å². The summed E-state index contributed by atoms with van der Waals surface area (Å²) in [7, 11) is 0. The van der Waals surface area contributed by atoms with Gasteiger partial charge in [0.05, 0.1) is 42.2 Å². The third-order valence-electron chi connectivity index (χ3n) is 6.94. The molecule has 1 fully saturated rings. The summed E-state index contributed by atoms with van der Waals surface area (Å²) < 4.78 is 15.0. The number of aromatic amines is 1. The van der Waals surface area contributed by atoms with Crippen molar-refractivity contribution >= 4 is 34.5 Å². The number of H-pyrrole nitrogens is 1. The van der Waals surface area contributed by atoms with Crippen LogP contribution in [-0.4, -0.2) is 59.0 Å². The van der Waals surface area contributed by atoms with E-state index in [0.29, 0.717) is 5.69 Å². The van der Waals surface area contributed by atoms with Crippen LogP contribution < -0.4 is 16.2 Å². The standard InChI is InChI=1S/C28H28N8O5/c1-17(40-14-22-21(37)12-23(41-22)35-16-31-24-25(35)32-27(29)33-26(24)38)20-13-34(15-30-20)28(39)36(18-8-4-2-5-9-18)19-10-6-3-7-11-19/h2-11,13,15-17,21-23,37H,12,14H2,1H3,(H3,29,32,33,38)/t17?,21-,22+,23+/m0/s1. The lowest BCUT2D eigenvalue weighted by atomic mass is 10.2. The fourth-order valence-corrected chi connectivity index (χ4v) is 4.81. The number of para-hydroxylation sites is 2. The molecule has 1 unspecified atom stereocenters. The first-order valence-electron chi connectivity index (χ1n) is 13.0. The summed E-state index contributed by atoms with van der Waals surface area (Å²) >= 11 is 0. The molecule has 5 aromatic rings. The van der Waals surface area contributed by atoms with Crippen molar-refractivity contribution in [3.8, 4) is 0 Å². The predicted octanol–water partition coefficient (Wildman–Crippen LogP) is 3.13. The van der Waals surface area contributed by atoms with Gasteiger partial charge >= 0.3 is 6.03 Å². The summed E-state index contributed by atoms with van der Waals surface area (Å²) in [6.45, 7) is 1.88. The minimum Gasteiger partial charge on any atom is -0.390 e. The molecule has 4 N–H and O–H groups in total. The van der Waals surface area contributed by atoms with E-state index in [0.717, 1.165) is 11.4 Å². The molecule has 4 atom stereocenters. The number of nitrogens with zero attached hydrogens (tertiary/aromatic N) is 6. The maximum absolute atomic E-state index is 13.6. The highest BCUT2D eigenvalue weighted by Gasteiger charge is 2.36. The van der Waals surface area contributed by atoms with Crippen LogP contribution >= 0.6 is 0 Å². The van der Waals surface area contributed by atoms with Gasteiger partial charge in [0.1, 0.15) is 18.7 Å². The van der Waals surface area contributed by atoms with Crippen LogP contribution in [0, 0.1) is 0 Å². The van der Waals surface area contributed by atoms with E-state index in [2.05, 4.69) is 19.9 Å². The molecule has 0 saturated carbocycles. The molecule has 210 valence electrons. The van der Waals surface area contributed by atoms with E-state index >= 15 is 0 Å². The summed E-state index contributed by atoms with van der Waals surface area (Å²) in [6, 6.07) is 18.4. The van der Waals surface area contributed by atoms with Crippen LogP contribution in [-0.2, 0) is 9.47 Å². The Balaban J connectivity index is 1.13. The number of rotatable bonds is 7. The second kappa shape index (κ2) is 11.0. The van der Waals surface area contributed by atoms with Gasteiger partial charge in [0.15, 0.2) is 11.2 Å². The number of ether oxygens (including phenoxy) is 2. The second-order valence-corrected chi connectivity index (χ2v) is 9.68. The molecule has 1 aliphatic heterocycles. The third-order valence-corrected chi connectivity index (χ3v) is 6.94. The summed E-state index contributed by atoms with van der Waals surface area (Å²) in [4.78, 5) is 42.4. The van der Waals surface area contributed by atoms with Crippen molar-refractivity contribution in [3.63, 3.8) is 0 Å². The Morgan fingerprint density at radius 2 is 1.83 bits per heavy atom. The summed E-state index contributed by atoms with van der Waals surface area (Å²) in [5, 5.41) is 10.7. The van der Waals surface area contributed by atoms with E-state index in [1.54, 1.807) is 15.7 Å². The number of benzene rings is 2. The maximum atomic E-state index is 13.6. The average Bonchev–Trinajstić information content (AvgIpc) is 3.72. The fraction of sp³-hybridized carbons (Fsp3) is 0.250. The molecule has 1 amide bonds. The Labute approximate surface area is 233 Å². The lowest BCUT2D eigenvalue weighted by Gasteiger charge is -2.23. The van der Waals surface area contributed by atoms with Crippen molar-refractivity contribution in [1.82, 2.24) is 29.1 Å². The first kappa shape index (κ1) is 26.4. The van der Waals surface area contributed by atoms with Crippen molar-refractivity contribution < 1.29 is 19.4 Å². The van der Waals surface area contributed by atoms with Crippen LogP contribution in [0.5, 0.6) is 0 Å². The molecule has 1 saturated heterocycles. The van der Waals surface area contributed by atoms with E-state index in [1.165, 1.54) is 17.2 Å². The number of nitrogen functional groups attached to an aromatic ring is 1. The van der Waals surface area contributed by atoms with Gasteiger partial charge in [-0.05, 0) is 31.2 Å². The molecule has 0 aliphatic carbocycles. The van der Waals surface area contributed by atoms with Gasteiger partial charge in [-0.3, -0.25) is 23.8 Å². The first-order valence-corrected chi connectivity index (χ1v) is 13.0. The SMILES string of the molecule is CC(OC[C@H]1O[C@@H](n2cnc3c(=O)[nH]c(N)nc32)C[C@@H]1O)c1cn(C(=O)N(c2ccccc2)c2ccccc2)cn1. The molecule has 0 radical (unpaired) electrons. The number of aliphatic hydroxyl groups excluding tert-OH is 1. The van der Waals surface area contributed by atoms with Gasteiger partial charge in [-0.1, -0.05) is 36.4 Å². The molecule has 6 rings (SSSR count). The first-order chi connectivity index (χ1) is 19.9. The normalized spacial score (nSPS) is 19.4.